The van der Waals surface area contributed by atoms with Crippen LogP contribution in [0.2, 0.25) is 0 Å². The Bertz CT molecular complexity index is 173. The summed E-state index contributed by atoms with van der Waals surface area (Å²) in [6.45, 7) is 9.34. The van der Waals surface area contributed by atoms with Crippen LogP contribution in [0.5, 0.6) is 0 Å². The molecule has 2 nitrogen and oxygen atoms in total. The molecule has 1 rings (SSSR count). The normalized spacial score (nSPS) is 8.08. The molecule has 0 aliphatic carbocycles. The van der Waals surface area contributed by atoms with E-state index < -0.39 is 0 Å². The molecule has 0 spiro atoms. The summed E-state index contributed by atoms with van der Waals surface area (Å²) in [5, 5.41) is 0. The van der Waals surface area contributed by atoms with Crippen LogP contribution in [0.1, 0.15) is 26.2 Å². The molecule has 0 bridgehead atoms. The van der Waals surface area contributed by atoms with Crippen LogP contribution in [0.3, 0.4) is 0 Å². The van der Waals surface area contributed by atoms with Crippen molar-refractivity contribution in [3.05, 3.63) is 31.9 Å². The molecule has 1 heterocycles. The summed E-state index contributed by atoms with van der Waals surface area (Å²) in [6.07, 6.45) is 9.58. The maximum absolute atomic E-state index is 3.96. The van der Waals surface area contributed by atoms with Crippen LogP contribution in [0.15, 0.2) is 31.9 Å². The van der Waals surface area contributed by atoms with Crippen molar-refractivity contribution in [3.63, 3.8) is 0 Å². The summed E-state index contributed by atoms with van der Waals surface area (Å²) in [5.74, 6) is 0. The summed E-state index contributed by atoms with van der Waals surface area (Å²) in [5.41, 5.74) is 0. The number of imidazole rings is 1. The Morgan fingerprint density at radius 2 is 2.00 bits per heavy atom. The fourth-order valence-corrected chi connectivity index (χ4v) is 0.963. The molecule has 0 saturated heterocycles. The Hall–Kier alpha value is -0.570. The van der Waals surface area contributed by atoms with Gasteiger partial charge in [-0.05, 0) is 6.42 Å². The maximum Gasteiger partial charge on any atom is 0.0945 e. The number of hydrogen-bond donors (Lipinski definition) is 0. The predicted octanol–water partition coefficient (Wildman–Crippen LogP) is 3.45. The molecule has 13 heavy (non-hydrogen) atoms. The van der Waals surface area contributed by atoms with E-state index in [0.29, 0.717) is 0 Å². The standard InChI is InChI=1S/C8H14N2.C2H4.BrH/c1-2-3-4-6-10-7-5-9-8-10;1-2;/h5,7-8H,2-4,6H2,1H3;1-2H2;1H. The Morgan fingerprint density at radius 3 is 2.46 bits per heavy atom. The Morgan fingerprint density at radius 1 is 1.31 bits per heavy atom. The zero-order chi connectivity index (χ0) is 9.23. The van der Waals surface area contributed by atoms with E-state index in [1.807, 2.05) is 18.7 Å². The first kappa shape index (κ1) is 14.9. The summed E-state index contributed by atoms with van der Waals surface area (Å²) in [7, 11) is 0. The van der Waals surface area contributed by atoms with Gasteiger partial charge >= 0.3 is 0 Å². The number of rotatable bonds is 4. The topological polar surface area (TPSA) is 17.8 Å². The van der Waals surface area contributed by atoms with Gasteiger partial charge in [-0.25, -0.2) is 4.98 Å². The van der Waals surface area contributed by atoms with Gasteiger partial charge in [0.1, 0.15) is 0 Å². The lowest BCUT2D eigenvalue weighted by Crippen LogP contribution is -1.92. The van der Waals surface area contributed by atoms with Crippen molar-refractivity contribution in [1.29, 1.82) is 0 Å². The van der Waals surface area contributed by atoms with Crippen molar-refractivity contribution in [2.45, 2.75) is 32.7 Å². The highest BCUT2D eigenvalue weighted by atomic mass is 79.9. The number of hydrogen-bond acceptors (Lipinski definition) is 1. The molecule has 1 aromatic rings. The summed E-state index contributed by atoms with van der Waals surface area (Å²) in [4.78, 5) is 3.96. The molecule has 76 valence electrons. The van der Waals surface area contributed by atoms with E-state index in [9.17, 15) is 0 Å². The molecule has 0 aliphatic rings. The van der Waals surface area contributed by atoms with Crippen LogP contribution in [0, 0.1) is 0 Å². The second kappa shape index (κ2) is 11.4. The Balaban J connectivity index is 0. The first-order valence-electron chi connectivity index (χ1n) is 4.39. The third-order valence-corrected chi connectivity index (χ3v) is 1.58. The fraction of sp³-hybridized carbons (Fsp3) is 0.500. The van der Waals surface area contributed by atoms with Crippen molar-refractivity contribution in [2.24, 2.45) is 0 Å². The quantitative estimate of drug-likeness (QED) is 0.588. The van der Waals surface area contributed by atoms with Gasteiger partial charge in [-0.2, -0.15) is 0 Å². The van der Waals surface area contributed by atoms with Gasteiger partial charge in [-0.3, -0.25) is 0 Å². The Labute approximate surface area is 91.5 Å². The number of unbranched alkanes of at least 4 members (excludes halogenated alkanes) is 2. The highest BCUT2D eigenvalue weighted by molar-refractivity contribution is 8.93. The van der Waals surface area contributed by atoms with Crippen molar-refractivity contribution >= 4 is 17.0 Å². The van der Waals surface area contributed by atoms with Gasteiger partial charge in [-0.1, -0.05) is 19.8 Å². The molecule has 0 aromatic carbocycles. The molecule has 0 amide bonds. The molecular formula is C10H19BrN2. The highest BCUT2D eigenvalue weighted by Gasteiger charge is 1.87. The highest BCUT2D eigenvalue weighted by Crippen LogP contribution is 1.97. The van der Waals surface area contributed by atoms with E-state index in [4.69, 9.17) is 0 Å². The summed E-state index contributed by atoms with van der Waals surface area (Å²) in [6, 6.07) is 0. The molecule has 0 N–H and O–H groups in total. The molecular weight excluding hydrogens is 228 g/mol. The van der Waals surface area contributed by atoms with Crippen LogP contribution in [0.4, 0.5) is 0 Å². The van der Waals surface area contributed by atoms with Gasteiger partial charge in [0.25, 0.3) is 0 Å². The van der Waals surface area contributed by atoms with Crippen LogP contribution in [-0.4, -0.2) is 9.55 Å². The average molecular weight is 247 g/mol. The van der Waals surface area contributed by atoms with Crippen LogP contribution in [-0.2, 0) is 6.54 Å². The minimum absolute atomic E-state index is 0. The lowest BCUT2D eigenvalue weighted by atomic mass is 10.2. The minimum atomic E-state index is 0. The van der Waals surface area contributed by atoms with E-state index in [1.54, 1.807) is 0 Å². The van der Waals surface area contributed by atoms with Crippen molar-refractivity contribution in [3.8, 4) is 0 Å². The SMILES string of the molecule is Br.C=C.CCCCCn1ccnc1. The third kappa shape index (κ3) is 7.78. The first-order valence-corrected chi connectivity index (χ1v) is 4.39. The van der Waals surface area contributed by atoms with E-state index in [1.165, 1.54) is 19.3 Å². The van der Waals surface area contributed by atoms with Crippen molar-refractivity contribution in [2.75, 3.05) is 0 Å². The first-order chi connectivity index (χ1) is 5.93. The van der Waals surface area contributed by atoms with Crippen molar-refractivity contribution in [1.82, 2.24) is 9.55 Å². The largest absolute Gasteiger partial charge is 0.337 e. The van der Waals surface area contributed by atoms with E-state index in [2.05, 4.69) is 29.6 Å². The molecule has 1 aromatic heterocycles. The number of nitrogens with zero attached hydrogens (tertiary/aromatic N) is 2. The molecule has 0 radical (unpaired) electrons. The average Bonchev–Trinajstić information content (AvgIpc) is 2.61. The molecule has 0 atom stereocenters. The second-order valence-corrected chi connectivity index (χ2v) is 2.51. The lowest BCUT2D eigenvalue weighted by Gasteiger charge is -1.98. The van der Waals surface area contributed by atoms with Crippen LogP contribution in [0.25, 0.3) is 0 Å². The molecule has 0 saturated carbocycles. The second-order valence-electron chi connectivity index (χ2n) is 2.51. The fourth-order valence-electron chi connectivity index (χ4n) is 0.963. The summed E-state index contributed by atoms with van der Waals surface area (Å²) < 4.78 is 2.12. The zero-order valence-corrected chi connectivity index (χ0v) is 9.99. The smallest absolute Gasteiger partial charge is 0.0945 e. The minimum Gasteiger partial charge on any atom is -0.337 e. The van der Waals surface area contributed by atoms with Crippen LogP contribution >= 0.6 is 17.0 Å². The van der Waals surface area contributed by atoms with Crippen molar-refractivity contribution < 1.29 is 0 Å². The van der Waals surface area contributed by atoms with Gasteiger partial charge in [0.15, 0.2) is 0 Å². The number of halogens is 1. The zero-order valence-electron chi connectivity index (χ0n) is 8.28. The molecule has 0 fully saturated rings. The van der Waals surface area contributed by atoms with E-state index in [0.717, 1.165) is 6.54 Å². The molecule has 0 unspecified atom stereocenters. The van der Waals surface area contributed by atoms with Gasteiger partial charge in [0, 0.05) is 18.9 Å². The molecule has 3 heteroatoms. The van der Waals surface area contributed by atoms with E-state index >= 15 is 0 Å². The monoisotopic (exact) mass is 246 g/mol. The van der Waals surface area contributed by atoms with Gasteiger partial charge in [0.2, 0.25) is 0 Å². The summed E-state index contributed by atoms with van der Waals surface area (Å²) >= 11 is 0. The van der Waals surface area contributed by atoms with Gasteiger partial charge in [-0.15, -0.1) is 30.1 Å². The van der Waals surface area contributed by atoms with E-state index in [-0.39, 0.29) is 17.0 Å². The maximum atomic E-state index is 3.96. The van der Waals surface area contributed by atoms with Gasteiger partial charge < -0.3 is 4.57 Å². The Kier molecular flexibility index (Phi) is 13.1. The predicted molar refractivity (Wildman–Crippen MR) is 63.3 cm³/mol. The van der Waals surface area contributed by atoms with Gasteiger partial charge in [0.05, 0.1) is 6.33 Å². The molecule has 0 aliphatic heterocycles. The third-order valence-electron chi connectivity index (χ3n) is 1.58. The van der Waals surface area contributed by atoms with Crippen LogP contribution < -0.4 is 0 Å². The lowest BCUT2D eigenvalue weighted by molar-refractivity contribution is 0.602. The number of aromatic nitrogens is 2. The number of aryl methyl sites for hydroxylation is 1.